The molecule has 0 aromatic carbocycles. The van der Waals surface area contributed by atoms with Crippen molar-refractivity contribution in [3.05, 3.63) is 0 Å². The van der Waals surface area contributed by atoms with E-state index < -0.39 is 0 Å². The molecule has 0 atom stereocenters. The van der Waals surface area contributed by atoms with Gasteiger partial charge in [0.05, 0.1) is 0 Å². The van der Waals surface area contributed by atoms with Crippen LogP contribution in [0.25, 0.3) is 0 Å². The Kier molecular flexibility index (Phi) is 4.46. The van der Waals surface area contributed by atoms with Crippen molar-refractivity contribution in [2.75, 3.05) is 25.0 Å². The summed E-state index contributed by atoms with van der Waals surface area (Å²) in [5.41, 5.74) is 0. The minimum absolute atomic E-state index is 1.02. The van der Waals surface area contributed by atoms with Crippen molar-refractivity contribution in [2.45, 2.75) is 26.2 Å². The van der Waals surface area contributed by atoms with E-state index in [9.17, 15) is 0 Å². The number of rotatable bonds is 5. The van der Waals surface area contributed by atoms with E-state index in [-0.39, 0.29) is 0 Å². The lowest BCUT2D eigenvalue weighted by molar-refractivity contribution is 0.192. The van der Waals surface area contributed by atoms with Gasteiger partial charge >= 0.3 is 0 Å². The Balaban J connectivity index is 2.08. The predicted molar refractivity (Wildman–Crippen MR) is 53.2 cm³/mol. The topological polar surface area (TPSA) is 3.24 Å². The summed E-state index contributed by atoms with van der Waals surface area (Å²) < 4.78 is 0. The van der Waals surface area contributed by atoms with Crippen LogP contribution in [0.4, 0.5) is 0 Å². The summed E-state index contributed by atoms with van der Waals surface area (Å²) in [6, 6.07) is 0. The molecule has 0 saturated heterocycles. The molecule has 0 aliphatic heterocycles. The van der Waals surface area contributed by atoms with Gasteiger partial charge in [0, 0.05) is 18.4 Å². The summed E-state index contributed by atoms with van der Waals surface area (Å²) in [7, 11) is 0. The number of nitrogens with zero attached hydrogens (tertiary/aromatic N) is 1. The average molecular weight is 220 g/mol. The van der Waals surface area contributed by atoms with Crippen LogP contribution in [0.1, 0.15) is 26.2 Å². The van der Waals surface area contributed by atoms with Gasteiger partial charge in [0.15, 0.2) is 0 Å². The van der Waals surface area contributed by atoms with Crippen molar-refractivity contribution in [2.24, 2.45) is 5.92 Å². The SMILES string of the molecule is CCN(CCBr)CC1CCC1. The maximum atomic E-state index is 3.48. The fourth-order valence-corrected chi connectivity index (χ4v) is 2.04. The summed E-state index contributed by atoms with van der Waals surface area (Å²) in [6.07, 6.45) is 4.41. The highest BCUT2D eigenvalue weighted by Crippen LogP contribution is 2.26. The molecule has 0 aromatic rings. The molecule has 66 valence electrons. The summed E-state index contributed by atoms with van der Waals surface area (Å²) in [5, 5.41) is 1.12. The standard InChI is InChI=1S/C9H18BrN/c1-2-11(7-6-10)8-9-4-3-5-9/h9H,2-8H2,1H3. The van der Waals surface area contributed by atoms with Crippen molar-refractivity contribution in [1.29, 1.82) is 0 Å². The average Bonchev–Trinajstić information content (AvgIpc) is 1.94. The van der Waals surface area contributed by atoms with E-state index in [0.717, 1.165) is 11.2 Å². The third kappa shape index (κ3) is 3.12. The van der Waals surface area contributed by atoms with Gasteiger partial charge in [0.25, 0.3) is 0 Å². The summed E-state index contributed by atoms with van der Waals surface area (Å²) in [6.45, 7) is 6.01. The molecule has 2 heteroatoms. The second-order valence-electron chi connectivity index (χ2n) is 3.38. The Hall–Kier alpha value is 0.440. The van der Waals surface area contributed by atoms with Crippen molar-refractivity contribution in [3.8, 4) is 0 Å². The first kappa shape index (κ1) is 9.53. The third-order valence-electron chi connectivity index (χ3n) is 2.59. The number of alkyl halides is 1. The quantitative estimate of drug-likeness (QED) is 0.643. The Bertz CT molecular complexity index is 102. The molecule has 1 aliphatic carbocycles. The van der Waals surface area contributed by atoms with E-state index in [2.05, 4.69) is 27.8 Å². The van der Waals surface area contributed by atoms with Gasteiger partial charge in [-0.1, -0.05) is 29.3 Å². The minimum atomic E-state index is 1.02. The van der Waals surface area contributed by atoms with E-state index >= 15 is 0 Å². The van der Waals surface area contributed by atoms with Gasteiger partial charge < -0.3 is 4.90 Å². The number of hydrogen-bond acceptors (Lipinski definition) is 1. The minimum Gasteiger partial charge on any atom is -0.303 e. The number of halogens is 1. The normalized spacial score (nSPS) is 18.8. The Labute approximate surface area is 78.3 Å². The lowest BCUT2D eigenvalue weighted by Gasteiger charge is -2.31. The van der Waals surface area contributed by atoms with Crippen LogP contribution < -0.4 is 0 Å². The smallest absolute Gasteiger partial charge is 0.0159 e. The molecule has 11 heavy (non-hydrogen) atoms. The molecular weight excluding hydrogens is 202 g/mol. The van der Waals surface area contributed by atoms with Gasteiger partial charge in [-0.25, -0.2) is 0 Å². The fourth-order valence-electron chi connectivity index (χ4n) is 1.54. The zero-order valence-corrected chi connectivity index (χ0v) is 8.94. The third-order valence-corrected chi connectivity index (χ3v) is 2.94. The molecule has 0 heterocycles. The van der Waals surface area contributed by atoms with Gasteiger partial charge in [0.2, 0.25) is 0 Å². The van der Waals surface area contributed by atoms with Crippen LogP contribution in [0.3, 0.4) is 0 Å². The second kappa shape index (κ2) is 5.15. The van der Waals surface area contributed by atoms with E-state index in [4.69, 9.17) is 0 Å². The van der Waals surface area contributed by atoms with Crippen LogP contribution in [0.2, 0.25) is 0 Å². The Morgan fingerprint density at radius 2 is 2.18 bits per heavy atom. The molecule has 1 aliphatic rings. The van der Waals surface area contributed by atoms with Crippen LogP contribution in [0.5, 0.6) is 0 Å². The molecule has 0 amide bonds. The molecule has 1 rings (SSSR count). The summed E-state index contributed by atoms with van der Waals surface area (Å²) >= 11 is 3.48. The Morgan fingerprint density at radius 1 is 1.45 bits per heavy atom. The van der Waals surface area contributed by atoms with Gasteiger partial charge in [-0.2, -0.15) is 0 Å². The highest BCUT2D eigenvalue weighted by molar-refractivity contribution is 9.09. The van der Waals surface area contributed by atoms with E-state index in [0.29, 0.717) is 0 Å². The maximum Gasteiger partial charge on any atom is 0.0159 e. The van der Waals surface area contributed by atoms with Gasteiger partial charge in [-0.05, 0) is 25.3 Å². The molecule has 1 saturated carbocycles. The number of hydrogen-bond donors (Lipinski definition) is 0. The van der Waals surface area contributed by atoms with E-state index in [1.54, 1.807) is 0 Å². The van der Waals surface area contributed by atoms with Gasteiger partial charge in [-0.3, -0.25) is 0 Å². The van der Waals surface area contributed by atoms with Crippen LogP contribution in [-0.4, -0.2) is 29.9 Å². The van der Waals surface area contributed by atoms with Gasteiger partial charge in [-0.15, -0.1) is 0 Å². The van der Waals surface area contributed by atoms with E-state index in [1.165, 1.54) is 38.9 Å². The zero-order chi connectivity index (χ0) is 8.10. The maximum absolute atomic E-state index is 3.48. The monoisotopic (exact) mass is 219 g/mol. The molecule has 0 N–H and O–H groups in total. The molecule has 0 bridgehead atoms. The lowest BCUT2D eigenvalue weighted by atomic mass is 9.85. The fraction of sp³-hybridized carbons (Fsp3) is 1.00. The summed E-state index contributed by atoms with van der Waals surface area (Å²) in [4.78, 5) is 2.54. The molecule has 0 spiro atoms. The van der Waals surface area contributed by atoms with Crippen LogP contribution in [-0.2, 0) is 0 Å². The predicted octanol–water partition coefficient (Wildman–Crippen LogP) is 2.50. The molecule has 0 radical (unpaired) electrons. The second-order valence-corrected chi connectivity index (χ2v) is 4.17. The van der Waals surface area contributed by atoms with Crippen molar-refractivity contribution >= 4 is 15.9 Å². The van der Waals surface area contributed by atoms with Crippen molar-refractivity contribution in [3.63, 3.8) is 0 Å². The zero-order valence-electron chi connectivity index (χ0n) is 7.35. The molecule has 0 aromatic heterocycles. The molecular formula is C9H18BrN. The van der Waals surface area contributed by atoms with Crippen LogP contribution in [0.15, 0.2) is 0 Å². The van der Waals surface area contributed by atoms with Crippen molar-refractivity contribution in [1.82, 2.24) is 4.90 Å². The van der Waals surface area contributed by atoms with Crippen LogP contribution >= 0.6 is 15.9 Å². The highest BCUT2D eigenvalue weighted by Gasteiger charge is 2.19. The molecule has 0 unspecified atom stereocenters. The largest absolute Gasteiger partial charge is 0.303 e. The van der Waals surface area contributed by atoms with Crippen LogP contribution in [0, 0.1) is 5.92 Å². The summed E-state index contributed by atoms with van der Waals surface area (Å²) in [5.74, 6) is 1.02. The van der Waals surface area contributed by atoms with Crippen molar-refractivity contribution < 1.29 is 0 Å². The highest BCUT2D eigenvalue weighted by atomic mass is 79.9. The molecule has 1 nitrogen and oxygen atoms in total. The van der Waals surface area contributed by atoms with Gasteiger partial charge in [0.1, 0.15) is 0 Å². The molecule has 1 fully saturated rings. The first-order valence-corrected chi connectivity index (χ1v) is 5.77. The van der Waals surface area contributed by atoms with E-state index in [1.807, 2.05) is 0 Å². The first-order chi connectivity index (χ1) is 5.36. The lowest BCUT2D eigenvalue weighted by Crippen LogP contribution is -2.33. The Morgan fingerprint density at radius 3 is 2.55 bits per heavy atom. The first-order valence-electron chi connectivity index (χ1n) is 4.65.